The van der Waals surface area contributed by atoms with Crippen molar-refractivity contribution in [2.24, 2.45) is 10.2 Å². The van der Waals surface area contributed by atoms with Crippen molar-refractivity contribution in [2.75, 3.05) is 14.2 Å². The van der Waals surface area contributed by atoms with E-state index in [1.807, 2.05) is 19.1 Å². The van der Waals surface area contributed by atoms with Crippen molar-refractivity contribution in [3.05, 3.63) is 23.8 Å². The van der Waals surface area contributed by atoms with Gasteiger partial charge in [0.25, 0.3) is 0 Å². The Labute approximate surface area is 87.7 Å². The molecule has 1 aromatic rings. The molecule has 0 heterocycles. The lowest BCUT2D eigenvalue weighted by molar-refractivity contribution is 0.181. The van der Waals surface area contributed by atoms with E-state index in [1.165, 1.54) is 7.11 Å². The predicted molar refractivity (Wildman–Crippen MR) is 54.7 cm³/mol. The van der Waals surface area contributed by atoms with Crippen molar-refractivity contribution in [3.63, 3.8) is 0 Å². The van der Waals surface area contributed by atoms with Crippen LogP contribution >= 0.6 is 0 Å². The van der Waals surface area contributed by atoms with Crippen LogP contribution in [0.25, 0.3) is 0 Å². The van der Waals surface area contributed by atoms with Gasteiger partial charge in [-0.1, -0.05) is 11.2 Å². The van der Waals surface area contributed by atoms with Crippen LogP contribution in [0.5, 0.6) is 5.75 Å². The molecule has 1 rings (SSSR count). The van der Waals surface area contributed by atoms with Crippen LogP contribution in [0.3, 0.4) is 0 Å². The van der Waals surface area contributed by atoms with Gasteiger partial charge in [-0.3, -0.25) is 0 Å². The quantitative estimate of drug-likeness (QED) is 0.702. The van der Waals surface area contributed by atoms with Crippen LogP contribution in [0.15, 0.2) is 28.4 Å². The van der Waals surface area contributed by atoms with Crippen LogP contribution in [-0.2, 0) is 4.74 Å². The molecule has 0 aliphatic carbocycles. The smallest absolute Gasteiger partial charge is 0.452 e. The Hall–Kier alpha value is -1.91. The summed E-state index contributed by atoms with van der Waals surface area (Å²) in [5, 5.41) is 7.11. The molecule has 5 heteroatoms. The molecule has 5 nitrogen and oxygen atoms in total. The van der Waals surface area contributed by atoms with Gasteiger partial charge in [-0.2, -0.15) is 0 Å². The Bertz CT molecular complexity index is 388. The average Bonchev–Trinajstić information content (AvgIpc) is 2.27. The molecule has 0 saturated carbocycles. The first-order chi connectivity index (χ1) is 7.17. The first-order valence-corrected chi connectivity index (χ1v) is 4.31. The number of ether oxygens (including phenoxy) is 2. The molecule has 0 unspecified atom stereocenters. The lowest BCUT2D eigenvalue weighted by atomic mass is 10.2. The van der Waals surface area contributed by atoms with Crippen LogP contribution in [0.2, 0.25) is 0 Å². The summed E-state index contributed by atoms with van der Waals surface area (Å²) in [6, 6.07) is 5.35. The molecule has 0 atom stereocenters. The molecule has 1 aromatic carbocycles. The minimum absolute atomic E-state index is 0.583. The molecule has 0 fully saturated rings. The monoisotopic (exact) mass is 208 g/mol. The fourth-order valence-corrected chi connectivity index (χ4v) is 0.959. The number of rotatable bonds is 2. The number of carbonyl (C=O) groups excluding carboxylic acids is 1. The highest BCUT2D eigenvalue weighted by Gasteiger charge is 2.00. The summed E-state index contributed by atoms with van der Waals surface area (Å²) in [5.74, 6) is 0.666. The zero-order valence-corrected chi connectivity index (χ0v) is 8.85. The zero-order valence-electron chi connectivity index (χ0n) is 8.85. The van der Waals surface area contributed by atoms with E-state index in [9.17, 15) is 4.79 Å². The molecule has 80 valence electrons. The second kappa shape index (κ2) is 5.09. The van der Waals surface area contributed by atoms with Gasteiger partial charge in [-0.25, -0.2) is 4.79 Å². The summed E-state index contributed by atoms with van der Waals surface area (Å²) in [5.41, 5.74) is 1.49. The van der Waals surface area contributed by atoms with Crippen molar-refractivity contribution >= 4 is 11.8 Å². The summed E-state index contributed by atoms with van der Waals surface area (Å²) in [6.45, 7) is 1.87. The van der Waals surface area contributed by atoms with Crippen LogP contribution in [0, 0.1) is 6.92 Å². The molecule has 1 amide bonds. The van der Waals surface area contributed by atoms with E-state index < -0.39 is 6.09 Å². The number of nitrogens with zero attached hydrogens (tertiary/aromatic N) is 2. The molecule has 0 bridgehead atoms. The van der Waals surface area contributed by atoms with Crippen molar-refractivity contribution in [1.29, 1.82) is 0 Å². The Balaban J connectivity index is 2.93. The largest absolute Gasteiger partial charge is 0.497 e. The van der Waals surface area contributed by atoms with Gasteiger partial charge in [0.2, 0.25) is 0 Å². The highest BCUT2D eigenvalue weighted by molar-refractivity contribution is 5.67. The van der Waals surface area contributed by atoms with E-state index >= 15 is 0 Å². The maximum atomic E-state index is 10.7. The van der Waals surface area contributed by atoms with Crippen LogP contribution in [-0.4, -0.2) is 20.3 Å². The SMILES string of the molecule is COC(=O)N=Nc1cc(OC)ccc1C. The minimum Gasteiger partial charge on any atom is -0.497 e. The van der Waals surface area contributed by atoms with Crippen molar-refractivity contribution in [3.8, 4) is 5.75 Å². The van der Waals surface area contributed by atoms with Gasteiger partial charge in [0.15, 0.2) is 0 Å². The maximum absolute atomic E-state index is 10.7. The molecule has 0 radical (unpaired) electrons. The second-order valence-electron chi connectivity index (χ2n) is 2.82. The number of hydrogen-bond acceptors (Lipinski definition) is 4. The average molecular weight is 208 g/mol. The van der Waals surface area contributed by atoms with E-state index in [2.05, 4.69) is 15.0 Å². The molecule has 0 aromatic heterocycles. The van der Waals surface area contributed by atoms with Gasteiger partial charge in [-0.15, -0.1) is 5.11 Å². The number of amides is 1. The standard InChI is InChI=1S/C10H12N2O3/c1-7-4-5-8(14-2)6-9(7)11-12-10(13)15-3/h4-6H,1-3H3. The summed E-state index contributed by atoms with van der Waals surface area (Å²) in [4.78, 5) is 10.7. The third-order valence-electron chi connectivity index (χ3n) is 1.83. The van der Waals surface area contributed by atoms with Gasteiger partial charge in [0.1, 0.15) is 5.75 Å². The van der Waals surface area contributed by atoms with Crippen molar-refractivity contribution in [1.82, 2.24) is 0 Å². The number of benzene rings is 1. The van der Waals surface area contributed by atoms with E-state index in [-0.39, 0.29) is 0 Å². The normalized spacial score (nSPS) is 10.3. The van der Waals surface area contributed by atoms with Crippen molar-refractivity contribution < 1.29 is 14.3 Å². The number of azo groups is 1. The minimum atomic E-state index is -0.725. The lowest BCUT2D eigenvalue weighted by Gasteiger charge is -2.02. The van der Waals surface area contributed by atoms with Gasteiger partial charge in [0, 0.05) is 6.07 Å². The molecule has 0 spiro atoms. The maximum Gasteiger partial charge on any atom is 0.452 e. The van der Waals surface area contributed by atoms with Crippen LogP contribution in [0.4, 0.5) is 10.5 Å². The van der Waals surface area contributed by atoms with Gasteiger partial charge < -0.3 is 9.47 Å². The number of hydrogen-bond donors (Lipinski definition) is 0. The first kappa shape index (κ1) is 11.2. The lowest BCUT2D eigenvalue weighted by Crippen LogP contribution is -1.90. The van der Waals surface area contributed by atoms with Gasteiger partial charge in [0.05, 0.1) is 19.9 Å². The zero-order chi connectivity index (χ0) is 11.3. The Kier molecular flexibility index (Phi) is 3.79. The Morgan fingerprint density at radius 2 is 2.07 bits per heavy atom. The molecule has 15 heavy (non-hydrogen) atoms. The molecule has 0 aliphatic rings. The summed E-state index contributed by atoms with van der Waals surface area (Å²) >= 11 is 0. The first-order valence-electron chi connectivity index (χ1n) is 4.31. The number of carbonyl (C=O) groups is 1. The third-order valence-corrected chi connectivity index (χ3v) is 1.83. The topological polar surface area (TPSA) is 60.2 Å². The highest BCUT2D eigenvalue weighted by atomic mass is 16.5. The molecular weight excluding hydrogens is 196 g/mol. The van der Waals surface area contributed by atoms with E-state index in [0.717, 1.165) is 5.56 Å². The summed E-state index contributed by atoms with van der Waals surface area (Å²) in [7, 11) is 2.81. The van der Waals surface area contributed by atoms with Crippen molar-refractivity contribution in [2.45, 2.75) is 6.92 Å². The number of methoxy groups -OCH3 is 2. The molecular formula is C10H12N2O3. The summed E-state index contributed by atoms with van der Waals surface area (Å²) < 4.78 is 9.36. The predicted octanol–water partition coefficient (Wildman–Crippen LogP) is 2.85. The number of aryl methyl sites for hydroxylation is 1. The fraction of sp³-hybridized carbons (Fsp3) is 0.300. The molecule has 0 aliphatic heterocycles. The molecule has 0 saturated heterocycles. The van der Waals surface area contributed by atoms with Crippen LogP contribution < -0.4 is 4.74 Å². The van der Waals surface area contributed by atoms with Gasteiger partial charge >= 0.3 is 6.09 Å². The summed E-state index contributed by atoms with van der Waals surface area (Å²) in [6.07, 6.45) is -0.725. The Morgan fingerprint density at radius 1 is 1.33 bits per heavy atom. The fourth-order valence-electron chi connectivity index (χ4n) is 0.959. The second-order valence-corrected chi connectivity index (χ2v) is 2.82. The van der Waals surface area contributed by atoms with E-state index in [0.29, 0.717) is 11.4 Å². The van der Waals surface area contributed by atoms with E-state index in [1.54, 1.807) is 13.2 Å². The Morgan fingerprint density at radius 3 is 2.67 bits per heavy atom. The molecule has 0 N–H and O–H groups in total. The third kappa shape index (κ3) is 3.05. The van der Waals surface area contributed by atoms with E-state index in [4.69, 9.17) is 4.74 Å². The van der Waals surface area contributed by atoms with Gasteiger partial charge in [-0.05, 0) is 18.6 Å². The highest BCUT2D eigenvalue weighted by Crippen LogP contribution is 2.24. The van der Waals surface area contributed by atoms with Crippen LogP contribution in [0.1, 0.15) is 5.56 Å².